The molecule has 0 spiro atoms. The molecule has 7 heteroatoms. The Bertz CT molecular complexity index is 1110. The first-order valence-corrected chi connectivity index (χ1v) is 13.1. The van der Waals surface area contributed by atoms with Crippen LogP contribution in [0.25, 0.3) is 0 Å². The van der Waals surface area contributed by atoms with Crippen molar-refractivity contribution >= 4 is 17.2 Å². The Morgan fingerprint density at radius 1 is 1.17 bits per heavy atom. The van der Waals surface area contributed by atoms with E-state index >= 15 is 0 Å². The predicted octanol–water partition coefficient (Wildman–Crippen LogP) is 5.59. The molecule has 1 N–H and O–H groups in total. The minimum atomic E-state index is -0.226. The van der Waals surface area contributed by atoms with Crippen LogP contribution in [0.4, 0.5) is 4.39 Å². The van der Waals surface area contributed by atoms with Gasteiger partial charge >= 0.3 is 0 Å². The van der Waals surface area contributed by atoms with Crippen LogP contribution in [0.5, 0.6) is 11.5 Å². The molecule has 0 aliphatic carbocycles. The van der Waals surface area contributed by atoms with Crippen molar-refractivity contribution in [2.24, 2.45) is 5.92 Å². The second kappa shape index (κ2) is 11.7. The van der Waals surface area contributed by atoms with Gasteiger partial charge in [0.2, 0.25) is 0 Å². The van der Waals surface area contributed by atoms with Crippen molar-refractivity contribution in [3.63, 3.8) is 0 Å². The Hall–Kier alpha value is -2.90. The van der Waals surface area contributed by atoms with Crippen LogP contribution in [-0.4, -0.2) is 53.6 Å². The normalized spacial score (nSPS) is 15.6. The number of amides is 1. The number of benzene rings is 2. The molecule has 1 fully saturated rings. The molecule has 1 aliphatic heterocycles. The smallest absolute Gasteiger partial charge is 0.254 e. The molecule has 35 heavy (non-hydrogen) atoms. The molecule has 4 rings (SSSR count). The number of carbonyl (C=O) groups excluding carboxylic acids is 1. The number of hydrogen-bond acceptors (Lipinski definition) is 5. The zero-order valence-corrected chi connectivity index (χ0v) is 21.1. The highest BCUT2D eigenvalue weighted by molar-refractivity contribution is 7.08. The number of nitrogens with zero attached hydrogens (tertiary/aromatic N) is 2. The molecule has 5 nitrogen and oxygen atoms in total. The van der Waals surface area contributed by atoms with Gasteiger partial charge in [-0.05, 0) is 74.3 Å². The van der Waals surface area contributed by atoms with Crippen LogP contribution >= 0.6 is 11.3 Å². The third-order valence-corrected chi connectivity index (χ3v) is 7.61. The number of phenols is 1. The van der Waals surface area contributed by atoms with E-state index in [2.05, 4.69) is 4.90 Å². The number of hydrogen-bond donors (Lipinski definition) is 1. The third-order valence-electron chi connectivity index (χ3n) is 6.93. The Labute approximate surface area is 210 Å². The van der Waals surface area contributed by atoms with Crippen molar-refractivity contribution in [3.8, 4) is 11.5 Å². The van der Waals surface area contributed by atoms with E-state index in [0.29, 0.717) is 36.4 Å². The zero-order valence-electron chi connectivity index (χ0n) is 20.3. The lowest BCUT2D eigenvalue weighted by atomic mass is 9.84. The Morgan fingerprint density at radius 3 is 2.60 bits per heavy atom. The molecular weight excluding hydrogens is 463 g/mol. The number of likely N-dealkylation sites (tertiary alicyclic amines) is 1. The second-order valence-corrected chi connectivity index (χ2v) is 9.88. The fraction of sp³-hybridized carbons (Fsp3) is 0.393. The zero-order chi connectivity index (χ0) is 24.8. The molecule has 1 atom stereocenters. The van der Waals surface area contributed by atoms with Crippen molar-refractivity contribution < 1.29 is 19.0 Å². The van der Waals surface area contributed by atoms with Gasteiger partial charge in [-0.25, -0.2) is 4.39 Å². The van der Waals surface area contributed by atoms with E-state index < -0.39 is 0 Å². The fourth-order valence-electron chi connectivity index (χ4n) is 4.95. The van der Waals surface area contributed by atoms with Crippen LogP contribution in [0.3, 0.4) is 0 Å². The number of piperidine rings is 1. The van der Waals surface area contributed by atoms with Gasteiger partial charge in [0.05, 0.1) is 12.2 Å². The van der Waals surface area contributed by atoms with Crippen LogP contribution < -0.4 is 4.74 Å². The molecule has 186 valence electrons. The maximum atomic E-state index is 14.5. The van der Waals surface area contributed by atoms with Crippen LogP contribution in [0, 0.1) is 11.7 Å². The molecule has 3 aromatic rings. The number of halogens is 1. The number of likely N-dealkylation sites (N-methyl/N-ethyl adjacent to an activating group) is 1. The summed E-state index contributed by atoms with van der Waals surface area (Å²) in [5, 5.41) is 14.3. The largest absolute Gasteiger partial charge is 0.504 e. The Morgan fingerprint density at radius 2 is 1.91 bits per heavy atom. The summed E-state index contributed by atoms with van der Waals surface area (Å²) in [7, 11) is 1.84. The monoisotopic (exact) mass is 496 g/mol. The maximum absolute atomic E-state index is 14.5. The highest BCUT2D eigenvalue weighted by Gasteiger charge is 2.33. The van der Waals surface area contributed by atoms with E-state index in [4.69, 9.17) is 4.74 Å². The maximum Gasteiger partial charge on any atom is 0.254 e. The van der Waals surface area contributed by atoms with Gasteiger partial charge in [0.15, 0.2) is 11.5 Å². The van der Waals surface area contributed by atoms with E-state index in [1.807, 2.05) is 60.0 Å². The molecule has 1 saturated heterocycles. The van der Waals surface area contributed by atoms with Crippen molar-refractivity contribution in [2.75, 3.05) is 26.7 Å². The lowest BCUT2D eigenvalue weighted by molar-refractivity contribution is 0.0583. The number of phenolic OH excluding ortho intramolecular Hbond substituents is 1. The van der Waals surface area contributed by atoms with Gasteiger partial charge in [0.1, 0.15) is 5.82 Å². The summed E-state index contributed by atoms with van der Waals surface area (Å²) in [5.74, 6) is 0.721. The van der Waals surface area contributed by atoms with Crippen molar-refractivity contribution in [3.05, 3.63) is 81.8 Å². The van der Waals surface area contributed by atoms with Gasteiger partial charge < -0.3 is 14.7 Å². The average Bonchev–Trinajstić information content (AvgIpc) is 3.41. The topological polar surface area (TPSA) is 53.0 Å². The molecule has 0 unspecified atom stereocenters. The molecule has 0 bridgehead atoms. The lowest BCUT2D eigenvalue weighted by Crippen LogP contribution is -2.47. The Balaban J connectivity index is 1.46. The lowest BCUT2D eigenvalue weighted by Gasteiger charge is -2.40. The number of carbonyl (C=O) groups is 1. The van der Waals surface area contributed by atoms with E-state index in [-0.39, 0.29) is 29.4 Å². The van der Waals surface area contributed by atoms with Gasteiger partial charge in [0.25, 0.3) is 5.91 Å². The van der Waals surface area contributed by atoms with Crippen molar-refractivity contribution in [1.82, 2.24) is 9.80 Å². The summed E-state index contributed by atoms with van der Waals surface area (Å²) in [4.78, 5) is 17.3. The summed E-state index contributed by atoms with van der Waals surface area (Å²) in [5.41, 5.74) is 2.17. The molecule has 0 radical (unpaired) electrons. The second-order valence-electron chi connectivity index (χ2n) is 9.10. The SMILES string of the molecule is CCOc1cccc(CN2CCC([C@H](Cc3ccccc3F)N(C)C(=O)c3ccsc3)CC2)c1O. The number of thiophene rings is 1. The van der Waals surface area contributed by atoms with Crippen LogP contribution in [-0.2, 0) is 13.0 Å². The van der Waals surface area contributed by atoms with Gasteiger partial charge in [-0.2, -0.15) is 11.3 Å². The van der Waals surface area contributed by atoms with Gasteiger partial charge in [-0.15, -0.1) is 0 Å². The van der Waals surface area contributed by atoms with Gasteiger partial charge in [-0.3, -0.25) is 9.69 Å². The van der Waals surface area contributed by atoms with E-state index in [1.54, 1.807) is 12.1 Å². The summed E-state index contributed by atoms with van der Waals surface area (Å²) in [6.45, 7) is 4.73. The predicted molar refractivity (Wildman–Crippen MR) is 138 cm³/mol. The van der Waals surface area contributed by atoms with Gasteiger partial charge in [-0.1, -0.05) is 30.3 Å². The number of rotatable bonds is 9. The minimum absolute atomic E-state index is 0.0207. The van der Waals surface area contributed by atoms with E-state index in [9.17, 15) is 14.3 Å². The van der Waals surface area contributed by atoms with E-state index in [1.165, 1.54) is 17.4 Å². The highest BCUT2D eigenvalue weighted by Crippen LogP contribution is 2.33. The molecule has 0 saturated carbocycles. The van der Waals surface area contributed by atoms with Crippen LogP contribution in [0.15, 0.2) is 59.3 Å². The third kappa shape index (κ3) is 6.03. The minimum Gasteiger partial charge on any atom is -0.504 e. The molecule has 2 aromatic carbocycles. The quantitative estimate of drug-likeness (QED) is 0.420. The summed E-state index contributed by atoms with van der Waals surface area (Å²) < 4.78 is 20.1. The average molecular weight is 497 g/mol. The fourth-order valence-corrected chi connectivity index (χ4v) is 5.58. The molecule has 1 aliphatic rings. The highest BCUT2D eigenvalue weighted by atomic mass is 32.1. The summed E-state index contributed by atoms with van der Waals surface area (Å²) >= 11 is 1.50. The molecule has 2 heterocycles. The summed E-state index contributed by atoms with van der Waals surface area (Å²) in [6.07, 6.45) is 2.28. The number of para-hydroxylation sites is 1. The molecular formula is C28H33FN2O3S. The Kier molecular flexibility index (Phi) is 8.42. The first-order valence-electron chi connectivity index (χ1n) is 12.2. The van der Waals surface area contributed by atoms with E-state index in [0.717, 1.165) is 31.5 Å². The molecule has 1 aromatic heterocycles. The first kappa shape index (κ1) is 25.2. The van der Waals surface area contributed by atoms with Crippen LogP contribution in [0.1, 0.15) is 41.3 Å². The van der Waals surface area contributed by atoms with Crippen LogP contribution in [0.2, 0.25) is 0 Å². The first-order chi connectivity index (χ1) is 17.0. The number of ether oxygens (including phenoxy) is 1. The summed E-state index contributed by atoms with van der Waals surface area (Å²) in [6, 6.07) is 14.2. The van der Waals surface area contributed by atoms with Crippen molar-refractivity contribution in [2.45, 2.75) is 38.8 Å². The standard InChI is InChI=1S/C28H33FN2O3S/c1-3-34-26-10-6-8-22(27(26)32)18-31-14-11-20(12-15-31)25(17-21-7-4-5-9-24(21)29)30(2)28(33)23-13-16-35-19-23/h4-10,13,16,19-20,25,32H,3,11-12,14-15,17-18H2,1-2H3/t25-/m0/s1. The van der Waals surface area contributed by atoms with Gasteiger partial charge in [0, 0.05) is 30.6 Å². The van der Waals surface area contributed by atoms with Crippen molar-refractivity contribution in [1.29, 1.82) is 0 Å². The number of aromatic hydroxyl groups is 1. The molecule has 1 amide bonds.